The normalized spacial score (nSPS) is 29.5. The molecule has 0 radical (unpaired) electrons. The third-order valence-electron chi connectivity index (χ3n) is 3.82. The minimum absolute atomic E-state index is 0.336. The smallest absolute Gasteiger partial charge is 0.335 e. The summed E-state index contributed by atoms with van der Waals surface area (Å²) in [6.45, 7) is 5.08. The van der Waals surface area contributed by atoms with Crippen LogP contribution in [0, 0.1) is 0 Å². The lowest BCUT2D eigenvalue weighted by atomic mass is 9.98. The van der Waals surface area contributed by atoms with Gasteiger partial charge >= 0.3 is 32.5 Å². The zero-order valence-electron chi connectivity index (χ0n) is 17.1. The van der Waals surface area contributed by atoms with Crippen LogP contribution >= 0.6 is 8.60 Å². The molecule has 2 heterocycles. The van der Waals surface area contributed by atoms with E-state index in [1.165, 1.54) is 6.92 Å². The van der Waals surface area contributed by atoms with Crippen molar-refractivity contribution in [2.24, 2.45) is 0 Å². The van der Waals surface area contributed by atoms with Gasteiger partial charge in [0.1, 0.15) is 12.7 Å². The van der Waals surface area contributed by atoms with Crippen molar-refractivity contribution in [2.45, 2.75) is 64.8 Å². The highest BCUT2D eigenvalue weighted by Gasteiger charge is 2.53. The zero-order valence-corrected chi connectivity index (χ0v) is 18.0. The summed E-state index contributed by atoms with van der Waals surface area (Å²) >= 11 is 0. The van der Waals surface area contributed by atoms with Crippen molar-refractivity contribution in [3.63, 3.8) is 0 Å². The molecule has 0 N–H and O–H groups in total. The minimum Gasteiger partial charge on any atom is -0.463 e. The molecule has 0 saturated carbocycles. The van der Waals surface area contributed by atoms with E-state index in [2.05, 4.69) is 0 Å². The van der Waals surface area contributed by atoms with E-state index >= 15 is 0 Å². The molecule has 0 aromatic rings. The molecule has 0 aliphatic carbocycles. The van der Waals surface area contributed by atoms with Crippen LogP contribution in [0.4, 0.5) is 0 Å². The SMILES string of the molecule is CC(=O)OC[C@H]1O[C@H](OP2OCCCO2)[C@H](OC(C)=O)[C@@H](OC(C)=O)[C@H]1OC(C)=O. The third kappa shape index (κ3) is 7.44. The molecule has 2 rings (SSSR count). The van der Waals surface area contributed by atoms with E-state index in [0.717, 1.165) is 20.8 Å². The molecule has 0 amide bonds. The highest BCUT2D eigenvalue weighted by atomic mass is 31.2. The Hall–Kier alpha value is -1.85. The number of hydrogen-bond donors (Lipinski definition) is 0. The summed E-state index contributed by atoms with van der Waals surface area (Å²) < 4.78 is 43.1. The second kappa shape index (κ2) is 11.5. The number of carbonyl (C=O) groups is 4. The highest BCUT2D eigenvalue weighted by molar-refractivity contribution is 7.41. The van der Waals surface area contributed by atoms with E-state index in [-0.39, 0.29) is 6.61 Å². The molecule has 2 saturated heterocycles. The van der Waals surface area contributed by atoms with Crippen LogP contribution in [0.15, 0.2) is 0 Å². The lowest BCUT2D eigenvalue weighted by molar-refractivity contribution is -0.290. The van der Waals surface area contributed by atoms with Gasteiger partial charge in [0.05, 0.1) is 13.2 Å². The molecule has 5 atom stereocenters. The summed E-state index contributed by atoms with van der Waals surface area (Å²) in [5, 5.41) is 0. The molecule has 30 heavy (non-hydrogen) atoms. The van der Waals surface area contributed by atoms with Gasteiger partial charge in [-0.2, -0.15) is 0 Å². The van der Waals surface area contributed by atoms with E-state index in [1.807, 2.05) is 0 Å². The number of ether oxygens (including phenoxy) is 5. The summed E-state index contributed by atoms with van der Waals surface area (Å²) in [4.78, 5) is 46.4. The molecule has 12 nitrogen and oxygen atoms in total. The summed E-state index contributed by atoms with van der Waals surface area (Å²) in [6.07, 6.45) is -5.55. The molecule has 2 aliphatic heterocycles. The average molecular weight is 452 g/mol. The van der Waals surface area contributed by atoms with Crippen molar-refractivity contribution >= 4 is 32.5 Å². The van der Waals surface area contributed by atoms with Crippen LogP contribution in [0.25, 0.3) is 0 Å². The van der Waals surface area contributed by atoms with Crippen LogP contribution in [0.1, 0.15) is 34.1 Å². The molecule has 0 spiro atoms. The first kappa shape index (κ1) is 24.4. The van der Waals surface area contributed by atoms with Crippen LogP contribution in [0.2, 0.25) is 0 Å². The van der Waals surface area contributed by atoms with Crippen molar-refractivity contribution in [1.82, 2.24) is 0 Å². The largest absolute Gasteiger partial charge is 0.463 e. The average Bonchev–Trinajstić information content (AvgIpc) is 2.64. The van der Waals surface area contributed by atoms with Gasteiger partial charge in [0.25, 0.3) is 0 Å². The number of esters is 4. The van der Waals surface area contributed by atoms with Crippen LogP contribution < -0.4 is 0 Å². The maximum absolute atomic E-state index is 11.7. The second-order valence-electron chi connectivity index (χ2n) is 6.42. The Balaban J connectivity index is 2.34. The zero-order chi connectivity index (χ0) is 22.3. The first-order valence-corrected chi connectivity index (χ1v) is 10.3. The van der Waals surface area contributed by atoms with Gasteiger partial charge < -0.3 is 32.7 Å². The Kier molecular flexibility index (Phi) is 9.37. The summed E-state index contributed by atoms with van der Waals surface area (Å²) in [5.41, 5.74) is 0. The van der Waals surface area contributed by atoms with Gasteiger partial charge in [-0.3, -0.25) is 23.7 Å². The predicted octanol–water partition coefficient (Wildman–Crippen LogP) is 0.750. The van der Waals surface area contributed by atoms with Crippen LogP contribution in [-0.2, 0) is 56.4 Å². The molecule has 0 bridgehead atoms. The minimum atomic E-state index is -1.83. The first-order valence-electron chi connectivity index (χ1n) is 9.20. The van der Waals surface area contributed by atoms with Crippen molar-refractivity contribution in [1.29, 1.82) is 0 Å². The predicted molar refractivity (Wildman–Crippen MR) is 96.5 cm³/mol. The maximum atomic E-state index is 11.7. The fraction of sp³-hybridized carbons (Fsp3) is 0.765. The van der Waals surface area contributed by atoms with Gasteiger partial charge in [0, 0.05) is 27.7 Å². The molecule has 0 unspecified atom stereocenters. The molecule has 0 aromatic heterocycles. The Morgan fingerprint density at radius 3 is 1.87 bits per heavy atom. The standard InChI is InChI=1S/C17H25O12P/c1-9(18)22-8-13-14(25-10(2)19)15(26-11(3)20)16(27-12(4)21)17(28-13)29-30-23-6-5-7-24-30/h13-17H,5-8H2,1-4H3/t13-,14+,15+,16-,17-/m1/s1. The van der Waals surface area contributed by atoms with Gasteiger partial charge in [-0.15, -0.1) is 0 Å². The van der Waals surface area contributed by atoms with E-state index in [4.69, 9.17) is 37.3 Å². The highest BCUT2D eigenvalue weighted by Crippen LogP contribution is 2.46. The Bertz CT molecular complexity index is 634. The molecule has 0 aromatic carbocycles. The Labute approximate surface area is 174 Å². The molecule has 2 fully saturated rings. The Morgan fingerprint density at radius 2 is 1.33 bits per heavy atom. The van der Waals surface area contributed by atoms with Gasteiger partial charge in [-0.25, -0.2) is 0 Å². The van der Waals surface area contributed by atoms with Crippen molar-refractivity contribution < 1.29 is 56.4 Å². The van der Waals surface area contributed by atoms with E-state index in [9.17, 15) is 19.2 Å². The van der Waals surface area contributed by atoms with Crippen molar-refractivity contribution in [2.75, 3.05) is 19.8 Å². The molecular formula is C17H25O12P. The molecule has 2 aliphatic rings. The quantitative estimate of drug-likeness (QED) is 0.305. The maximum Gasteiger partial charge on any atom is 0.335 e. The third-order valence-corrected chi connectivity index (χ3v) is 4.99. The van der Waals surface area contributed by atoms with Gasteiger partial charge in [-0.05, 0) is 6.42 Å². The van der Waals surface area contributed by atoms with Gasteiger partial charge in [0.2, 0.25) is 6.29 Å². The van der Waals surface area contributed by atoms with Crippen molar-refractivity contribution in [3.8, 4) is 0 Å². The monoisotopic (exact) mass is 452 g/mol. The lowest BCUT2D eigenvalue weighted by Crippen LogP contribution is -2.62. The van der Waals surface area contributed by atoms with Gasteiger partial charge in [-0.1, -0.05) is 0 Å². The summed E-state index contributed by atoms with van der Waals surface area (Å²) in [6, 6.07) is 0. The van der Waals surface area contributed by atoms with Crippen LogP contribution in [-0.4, -0.2) is 74.4 Å². The molecule has 170 valence electrons. The second-order valence-corrected chi connectivity index (χ2v) is 7.59. The number of rotatable bonds is 7. The topological polar surface area (TPSA) is 142 Å². The summed E-state index contributed by atoms with van der Waals surface area (Å²) in [7, 11) is -1.83. The fourth-order valence-corrected chi connectivity index (χ4v) is 3.89. The fourth-order valence-electron chi connectivity index (χ4n) is 2.79. The van der Waals surface area contributed by atoms with E-state index in [1.54, 1.807) is 0 Å². The van der Waals surface area contributed by atoms with Crippen LogP contribution in [0.3, 0.4) is 0 Å². The number of carbonyl (C=O) groups excluding carboxylic acids is 4. The number of hydrogen-bond acceptors (Lipinski definition) is 12. The molecular weight excluding hydrogens is 427 g/mol. The summed E-state index contributed by atoms with van der Waals surface area (Å²) in [5.74, 6) is -2.75. The Morgan fingerprint density at radius 1 is 0.800 bits per heavy atom. The van der Waals surface area contributed by atoms with Gasteiger partial charge in [0.15, 0.2) is 18.3 Å². The van der Waals surface area contributed by atoms with E-state index < -0.39 is 63.2 Å². The van der Waals surface area contributed by atoms with E-state index in [0.29, 0.717) is 19.6 Å². The molecule has 13 heteroatoms. The van der Waals surface area contributed by atoms with Crippen LogP contribution in [0.5, 0.6) is 0 Å². The van der Waals surface area contributed by atoms with Crippen molar-refractivity contribution in [3.05, 3.63) is 0 Å². The first-order chi connectivity index (χ1) is 14.2. The lowest BCUT2D eigenvalue weighted by Gasteiger charge is -2.44.